The van der Waals surface area contributed by atoms with Gasteiger partial charge in [-0.1, -0.05) is 29.4 Å². The van der Waals surface area contributed by atoms with E-state index in [1.54, 1.807) is 0 Å². The third kappa shape index (κ3) is 2.16. The molecule has 3 rings (SSSR count). The number of anilines is 1. The van der Waals surface area contributed by atoms with Crippen LogP contribution in [0.1, 0.15) is 10.4 Å². The van der Waals surface area contributed by atoms with E-state index >= 15 is 0 Å². The van der Waals surface area contributed by atoms with Gasteiger partial charge in [-0.25, -0.2) is 4.98 Å². The van der Waals surface area contributed by atoms with E-state index in [9.17, 15) is 4.79 Å². The van der Waals surface area contributed by atoms with Crippen molar-refractivity contribution in [3.63, 3.8) is 0 Å². The van der Waals surface area contributed by atoms with Gasteiger partial charge in [0.05, 0.1) is 5.69 Å². The van der Waals surface area contributed by atoms with E-state index in [1.807, 2.05) is 18.2 Å². The minimum absolute atomic E-state index is 0.211. The fourth-order valence-corrected chi connectivity index (χ4v) is 3.08. The Balaban J connectivity index is 1.83. The molecule has 0 spiro atoms. The molecule has 1 amide bonds. The monoisotopic (exact) mass is 271 g/mol. The van der Waals surface area contributed by atoms with Gasteiger partial charge in [0.1, 0.15) is 6.54 Å². The lowest BCUT2D eigenvalue weighted by Gasteiger charge is -1.99. The summed E-state index contributed by atoms with van der Waals surface area (Å²) in [6.45, 7) is -0.211. The molecule has 1 heterocycles. The van der Waals surface area contributed by atoms with Crippen LogP contribution in [-0.4, -0.2) is 17.4 Å². The van der Waals surface area contributed by atoms with Crippen LogP contribution in [0.4, 0.5) is 5.13 Å². The van der Waals surface area contributed by atoms with Gasteiger partial charge in [0.25, 0.3) is 0 Å². The van der Waals surface area contributed by atoms with E-state index in [4.69, 9.17) is 5.53 Å². The smallest absolute Gasteiger partial charge is 0.232 e. The summed E-state index contributed by atoms with van der Waals surface area (Å²) < 4.78 is 0. The van der Waals surface area contributed by atoms with Crippen LogP contribution in [0.25, 0.3) is 21.7 Å². The lowest BCUT2D eigenvalue weighted by molar-refractivity contribution is -0.114. The Morgan fingerprint density at radius 3 is 3.21 bits per heavy atom. The third-order valence-electron chi connectivity index (χ3n) is 2.84. The topological polar surface area (TPSA) is 90.8 Å². The molecule has 0 aliphatic heterocycles. The Morgan fingerprint density at radius 1 is 1.53 bits per heavy atom. The van der Waals surface area contributed by atoms with Crippen LogP contribution < -0.4 is 5.32 Å². The fraction of sp³-hybridized carbons (Fsp3) is 0.167. The number of carbonyl (C=O) groups is 1. The third-order valence-corrected chi connectivity index (χ3v) is 3.82. The minimum atomic E-state index is -0.349. The van der Waals surface area contributed by atoms with Crippen molar-refractivity contribution < 1.29 is 4.79 Å². The van der Waals surface area contributed by atoms with Crippen molar-refractivity contribution in [3.8, 4) is 11.3 Å². The first-order chi connectivity index (χ1) is 9.28. The Kier molecular flexibility index (Phi) is 2.91. The summed E-state index contributed by atoms with van der Waals surface area (Å²) in [5, 5.41) is 6.41. The Hall–Kier alpha value is -2.37. The summed E-state index contributed by atoms with van der Waals surface area (Å²) in [7, 11) is 0. The predicted octanol–water partition coefficient (Wildman–Crippen LogP) is 2.96. The maximum Gasteiger partial charge on any atom is 0.232 e. The number of fused-ring (bicyclic) bond motifs is 3. The number of thiazole rings is 1. The van der Waals surface area contributed by atoms with Crippen LogP contribution in [0.3, 0.4) is 0 Å². The standard InChI is InChI=1S/C12H9N5OS/c13-17-14-6-10(18)15-12-16-11-8-4-2-1-3-7(8)5-9(11)19-12/h1-4H,5-6H2,(H,15,16,18). The molecule has 1 aromatic carbocycles. The summed E-state index contributed by atoms with van der Waals surface area (Å²) >= 11 is 1.46. The van der Waals surface area contributed by atoms with Crippen LogP contribution in [0, 0.1) is 0 Å². The van der Waals surface area contributed by atoms with Crippen LogP contribution in [0.15, 0.2) is 29.4 Å². The average Bonchev–Trinajstić information content (AvgIpc) is 2.93. The van der Waals surface area contributed by atoms with Gasteiger partial charge in [0, 0.05) is 21.8 Å². The molecule has 2 aromatic rings. The normalized spacial score (nSPS) is 11.4. The lowest BCUT2D eigenvalue weighted by atomic mass is 10.1. The Labute approximate surface area is 112 Å². The number of nitrogens with one attached hydrogen (secondary N) is 1. The number of rotatable bonds is 3. The van der Waals surface area contributed by atoms with Crippen molar-refractivity contribution >= 4 is 22.4 Å². The molecule has 0 fully saturated rings. The molecule has 94 valence electrons. The van der Waals surface area contributed by atoms with Crippen molar-refractivity contribution in [2.24, 2.45) is 5.11 Å². The molecule has 1 aliphatic carbocycles. The number of carbonyl (C=O) groups excluding carboxylic acids is 1. The summed E-state index contributed by atoms with van der Waals surface area (Å²) in [5.74, 6) is -0.349. The molecule has 0 unspecified atom stereocenters. The largest absolute Gasteiger partial charge is 0.302 e. The van der Waals surface area contributed by atoms with Gasteiger partial charge in [-0.05, 0) is 11.1 Å². The van der Waals surface area contributed by atoms with Gasteiger partial charge < -0.3 is 5.32 Å². The molecule has 0 radical (unpaired) electrons. The quantitative estimate of drug-likeness (QED) is 0.450. The van der Waals surface area contributed by atoms with Crippen LogP contribution in [-0.2, 0) is 11.2 Å². The zero-order valence-electron chi connectivity index (χ0n) is 9.83. The number of nitrogens with zero attached hydrogens (tertiary/aromatic N) is 4. The minimum Gasteiger partial charge on any atom is -0.302 e. The van der Waals surface area contributed by atoms with E-state index < -0.39 is 0 Å². The average molecular weight is 271 g/mol. The van der Waals surface area contributed by atoms with Gasteiger partial charge in [0.2, 0.25) is 5.91 Å². The number of benzene rings is 1. The Morgan fingerprint density at radius 2 is 2.37 bits per heavy atom. The highest BCUT2D eigenvalue weighted by molar-refractivity contribution is 7.16. The number of amides is 1. The van der Waals surface area contributed by atoms with Crippen LogP contribution in [0.2, 0.25) is 0 Å². The number of aromatic nitrogens is 1. The number of hydrogen-bond donors (Lipinski definition) is 1. The zero-order chi connectivity index (χ0) is 13.2. The molecular formula is C12H9N5OS. The second kappa shape index (κ2) is 4.72. The van der Waals surface area contributed by atoms with Crippen LogP contribution >= 0.6 is 11.3 Å². The highest BCUT2D eigenvalue weighted by Gasteiger charge is 2.23. The first kappa shape index (κ1) is 11.7. The van der Waals surface area contributed by atoms with E-state index in [-0.39, 0.29) is 12.5 Å². The molecule has 0 bridgehead atoms. The molecule has 7 heteroatoms. The molecule has 1 aliphatic rings. The molecule has 19 heavy (non-hydrogen) atoms. The van der Waals surface area contributed by atoms with Crippen molar-refractivity contribution in [3.05, 3.63) is 45.1 Å². The van der Waals surface area contributed by atoms with Gasteiger partial charge in [-0.2, -0.15) is 0 Å². The van der Waals surface area contributed by atoms with Gasteiger partial charge >= 0.3 is 0 Å². The first-order valence-electron chi connectivity index (χ1n) is 5.66. The molecule has 0 atom stereocenters. The van der Waals surface area contributed by atoms with Crippen LogP contribution in [0.5, 0.6) is 0 Å². The molecule has 0 saturated carbocycles. The number of azide groups is 1. The first-order valence-corrected chi connectivity index (χ1v) is 6.48. The fourth-order valence-electron chi connectivity index (χ4n) is 2.07. The maximum absolute atomic E-state index is 11.4. The van der Waals surface area contributed by atoms with Crippen molar-refractivity contribution in [2.45, 2.75) is 6.42 Å². The predicted molar refractivity (Wildman–Crippen MR) is 73.0 cm³/mol. The second-order valence-electron chi connectivity index (χ2n) is 4.06. The van der Waals surface area contributed by atoms with Gasteiger partial charge in [-0.15, -0.1) is 11.3 Å². The molecule has 1 N–H and O–H groups in total. The maximum atomic E-state index is 11.4. The molecular weight excluding hydrogens is 262 g/mol. The van der Waals surface area contributed by atoms with Crippen molar-refractivity contribution in [1.29, 1.82) is 0 Å². The molecule has 1 aromatic heterocycles. The van der Waals surface area contributed by atoms with E-state index in [2.05, 4.69) is 26.4 Å². The highest BCUT2D eigenvalue weighted by atomic mass is 32.1. The van der Waals surface area contributed by atoms with Crippen molar-refractivity contribution in [1.82, 2.24) is 4.98 Å². The number of hydrogen-bond acceptors (Lipinski definition) is 4. The van der Waals surface area contributed by atoms with E-state index in [0.29, 0.717) is 5.13 Å². The zero-order valence-corrected chi connectivity index (χ0v) is 10.6. The highest BCUT2D eigenvalue weighted by Crippen LogP contribution is 2.40. The lowest BCUT2D eigenvalue weighted by Crippen LogP contribution is -2.14. The summed E-state index contributed by atoms with van der Waals surface area (Å²) in [6, 6.07) is 8.11. The summed E-state index contributed by atoms with van der Waals surface area (Å²) in [4.78, 5) is 19.6. The SMILES string of the molecule is [N-]=[N+]=NCC(=O)Nc1nc2c(s1)Cc1ccccc1-2. The molecule has 0 saturated heterocycles. The van der Waals surface area contributed by atoms with E-state index in [0.717, 1.165) is 22.6 Å². The van der Waals surface area contributed by atoms with Gasteiger partial charge in [0.15, 0.2) is 5.13 Å². The Bertz CT molecular complexity index is 702. The van der Waals surface area contributed by atoms with Crippen molar-refractivity contribution in [2.75, 3.05) is 11.9 Å². The van der Waals surface area contributed by atoms with Gasteiger partial charge in [-0.3, -0.25) is 4.79 Å². The van der Waals surface area contributed by atoms with E-state index in [1.165, 1.54) is 16.9 Å². The molecule has 6 nitrogen and oxygen atoms in total. The second-order valence-corrected chi connectivity index (χ2v) is 5.15. The summed E-state index contributed by atoms with van der Waals surface area (Å²) in [5.41, 5.74) is 11.5. The summed E-state index contributed by atoms with van der Waals surface area (Å²) in [6.07, 6.45) is 0.857.